The van der Waals surface area contributed by atoms with Gasteiger partial charge in [-0.15, -0.1) is 11.3 Å². The number of thioether (sulfide) groups is 1. The molecule has 0 saturated heterocycles. The number of ether oxygens (including phenoxy) is 1. The molecular weight excluding hydrogens is 390 g/mol. The number of halogens is 1. The molecule has 0 unspecified atom stereocenters. The number of thiazole rings is 1. The van der Waals surface area contributed by atoms with Crippen LogP contribution in [0.2, 0.25) is 5.02 Å². The Hall–Kier alpha value is -1.96. The number of rotatable bonds is 6. The molecule has 3 aromatic rings. The second kappa shape index (κ2) is 8.62. The summed E-state index contributed by atoms with van der Waals surface area (Å²) in [6.45, 7) is 4.11. The Morgan fingerprint density at radius 1 is 1.23 bits per heavy atom. The predicted octanol–water partition coefficient (Wildman–Crippen LogP) is 4.88. The second-order valence-corrected chi connectivity index (χ2v) is 7.64. The Bertz CT molecular complexity index is 913. The van der Waals surface area contributed by atoms with Crippen LogP contribution < -0.4 is 0 Å². The highest BCUT2D eigenvalue weighted by atomic mass is 35.5. The van der Waals surface area contributed by atoms with E-state index in [1.54, 1.807) is 24.5 Å². The standard InChI is InChI=1S/C18H16ClN3O2S2/c1-3-24-15(23)10-25-18-20-9-8-14(22-18)16-11(2)21-17(26-16)12-4-6-13(19)7-5-12/h4-9H,3,10H2,1-2H3. The predicted molar refractivity (Wildman–Crippen MR) is 106 cm³/mol. The van der Waals surface area contributed by atoms with Gasteiger partial charge in [-0.05, 0) is 32.0 Å². The summed E-state index contributed by atoms with van der Waals surface area (Å²) >= 11 is 8.78. The fourth-order valence-electron chi connectivity index (χ4n) is 2.21. The molecule has 0 atom stereocenters. The van der Waals surface area contributed by atoms with Crippen LogP contribution in [0.1, 0.15) is 12.6 Å². The van der Waals surface area contributed by atoms with E-state index in [1.165, 1.54) is 11.8 Å². The molecule has 2 heterocycles. The van der Waals surface area contributed by atoms with Gasteiger partial charge in [0.25, 0.3) is 0 Å². The van der Waals surface area contributed by atoms with Crippen LogP contribution in [-0.4, -0.2) is 33.3 Å². The lowest BCUT2D eigenvalue weighted by molar-refractivity contribution is -0.139. The van der Waals surface area contributed by atoms with Gasteiger partial charge in [0.2, 0.25) is 0 Å². The minimum atomic E-state index is -0.273. The van der Waals surface area contributed by atoms with Gasteiger partial charge in [0, 0.05) is 16.8 Å². The average Bonchev–Trinajstić information content (AvgIpc) is 3.03. The average molecular weight is 406 g/mol. The number of hydrogen-bond donors (Lipinski definition) is 0. The van der Waals surface area contributed by atoms with E-state index < -0.39 is 0 Å². The quantitative estimate of drug-likeness (QED) is 0.330. The number of aromatic nitrogens is 3. The molecule has 1 aromatic carbocycles. The Morgan fingerprint density at radius 3 is 2.73 bits per heavy atom. The number of aryl methyl sites for hydroxylation is 1. The van der Waals surface area contributed by atoms with Crippen molar-refractivity contribution < 1.29 is 9.53 Å². The number of carbonyl (C=O) groups is 1. The van der Waals surface area contributed by atoms with E-state index in [4.69, 9.17) is 16.3 Å². The molecule has 134 valence electrons. The second-order valence-electron chi connectivity index (χ2n) is 5.26. The molecule has 0 N–H and O–H groups in total. The molecule has 0 aliphatic carbocycles. The van der Waals surface area contributed by atoms with Gasteiger partial charge in [0.15, 0.2) is 5.16 Å². The Morgan fingerprint density at radius 2 is 2.00 bits per heavy atom. The van der Waals surface area contributed by atoms with Crippen molar-refractivity contribution in [2.45, 2.75) is 19.0 Å². The summed E-state index contributed by atoms with van der Waals surface area (Å²) in [6.07, 6.45) is 1.69. The Balaban J connectivity index is 1.82. The summed E-state index contributed by atoms with van der Waals surface area (Å²) in [5.74, 6) is -0.0832. The number of esters is 1. The maximum Gasteiger partial charge on any atom is 0.316 e. The van der Waals surface area contributed by atoms with Crippen molar-refractivity contribution in [2.24, 2.45) is 0 Å². The van der Waals surface area contributed by atoms with Crippen LogP contribution in [-0.2, 0) is 9.53 Å². The molecule has 0 spiro atoms. The van der Waals surface area contributed by atoms with Gasteiger partial charge in [0.05, 0.1) is 28.6 Å². The van der Waals surface area contributed by atoms with Crippen LogP contribution >= 0.6 is 34.7 Å². The zero-order chi connectivity index (χ0) is 18.5. The molecular formula is C18H16ClN3O2S2. The van der Waals surface area contributed by atoms with Gasteiger partial charge in [-0.3, -0.25) is 4.79 Å². The first-order valence-corrected chi connectivity index (χ1v) is 10.1. The first-order chi connectivity index (χ1) is 12.6. The topological polar surface area (TPSA) is 65.0 Å². The van der Waals surface area contributed by atoms with Gasteiger partial charge in [-0.2, -0.15) is 0 Å². The van der Waals surface area contributed by atoms with Gasteiger partial charge >= 0.3 is 5.97 Å². The lowest BCUT2D eigenvalue weighted by atomic mass is 10.2. The third-order valence-electron chi connectivity index (χ3n) is 3.38. The van der Waals surface area contributed by atoms with Gasteiger partial charge in [0.1, 0.15) is 5.01 Å². The molecule has 0 radical (unpaired) electrons. The van der Waals surface area contributed by atoms with Crippen molar-refractivity contribution in [3.05, 3.63) is 47.2 Å². The Labute approximate surface area is 164 Å². The van der Waals surface area contributed by atoms with E-state index >= 15 is 0 Å². The highest BCUT2D eigenvalue weighted by Crippen LogP contribution is 2.35. The number of carbonyl (C=O) groups excluding carboxylic acids is 1. The third kappa shape index (κ3) is 4.60. The van der Waals surface area contributed by atoms with Crippen molar-refractivity contribution in [1.29, 1.82) is 0 Å². The van der Waals surface area contributed by atoms with Gasteiger partial charge in [-0.25, -0.2) is 15.0 Å². The molecule has 3 rings (SSSR count). The van der Waals surface area contributed by atoms with Crippen molar-refractivity contribution in [2.75, 3.05) is 12.4 Å². The van der Waals surface area contributed by atoms with Crippen LogP contribution in [0.3, 0.4) is 0 Å². The van der Waals surface area contributed by atoms with Crippen LogP contribution in [0.5, 0.6) is 0 Å². The smallest absolute Gasteiger partial charge is 0.316 e. The van der Waals surface area contributed by atoms with Gasteiger partial charge < -0.3 is 4.74 Å². The zero-order valence-corrected chi connectivity index (χ0v) is 16.6. The molecule has 8 heteroatoms. The summed E-state index contributed by atoms with van der Waals surface area (Å²) in [4.78, 5) is 25.9. The maximum atomic E-state index is 11.5. The third-order valence-corrected chi connectivity index (χ3v) is 5.69. The van der Waals surface area contributed by atoms with Gasteiger partial charge in [-0.1, -0.05) is 35.5 Å². The summed E-state index contributed by atoms with van der Waals surface area (Å²) in [5.41, 5.74) is 2.71. The molecule has 2 aromatic heterocycles. The molecule has 0 aliphatic heterocycles. The molecule has 0 fully saturated rings. The monoisotopic (exact) mass is 405 g/mol. The molecule has 0 aliphatic rings. The van der Waals surface area contributed by atoms with Crippen molar-refractivity contribution in [3.63, 3.8) is 0 Å². The lowest BCUT2D eigenvalue weighted by Gasteiger charge is -2.03. The van der Waals surface area contributed by atoms with Crippen molar-refractivity contribution >= 4 is 40.7 Å². The van der Waals surface area contributed by atoms with Crippen LogP contribution in [0, 0.1) is 6.92 Å². The van der Waals surface area contributed by atoms with E-state index in [9.17, 15) is 4.79 Å². The highest BCUT2D eigenvalue weighted by molar-refractivity contribution is 7.99. The lowest BCUT2D eigenvalue weighted by Crippen LogP contribution is -2.07. The van der Waals surface area contributed by atoms with Crippen LogP contribution in [0.4, 0.5) is 0 Å². The zero-order valence-electron chi connectivity index (χ0n) is 14.2. The van der Waals surface area contributed by atoms with E-state index in [1.807, 2.05) is 37.3 Å². The van der Waals surface area contributed by atoms with E-state index in [0.717, 1.165) is 26.8 Å². The molecule has 26 heavy (non-hydrogen) atoms. The minimum Gasteiger partial charge on any atom is -0.465 e. The minimum absolute atomic E-state index is 0.189. The number of hydrogen-bond acceptors (Lipinski definition) is 7. The fourth-order valence-corrected chi connectivity index (χ4v) is 4.01. The molecule has 0 bridgehead atoms. The molecule has 0 saturated carbocycles. The summed E-state index contributed by atoms with van der Waals surface area (Å²) in [7, 11) is 0. The maximum absolute atomic E-state index is 11.5. The number of benzene rings is 1. The first kappa shape index (κ1) is 18.8. The molecule has 5 nitrogen and oxygen atoms in total. The summed E-state index contributed by atoms with van der Waals surface area (Å²) in [5, 5.41) is 2.14. The molecule has 0 amide bonds. The van der Waals surface area contributed by atoms with Crippen LogP contribution in [0.15, 0.2) is 41.7 Å². The van der Waals surface area contributed by atoms with E-state index in [0.29, 0.717) is 16.8 Å². The normalized spacial score (nSPS) is 10.7. The van der Waals surface area contributed by atoms with Crippen molar-refractivity contribution in [3.8, 4) is 21.1 Å². The Kier molecular flexibility index (Phi) is 6.24. The fraction of sp³-hybridized carbons (Fsp3) is 0.222. The SMILES string of the molecule is CCOC(=O)CSc1nccc(-c2sc(-c3ccc(Cl)cc3)nc2C)n1. The highest BCUT2D eigenvalue weighted by Gasteiger charge is 2.14. The van der Waals surface area contributed by atoms with Crippen LogP contribution in [0.25, 0.3) is 21.1 Å². The summed E-state index contributed by atoms with van der Waals surface area (Å²) in [6, 6.07) is 9.45. The number of nitrogens with zero attached hydrogens (tertiary/aromatic N) is 3. The first-order valence-electron chi connectivity index (χ1n) is 7.92. The summed E-state index contributed by atoms with van der Waals surface area (Å²) < 4.78 is 4.93. The van der Waals surface area contributed by atoms with E-state index in [-0.39, 0.29) is 11.7 Å². The van der Waals surface area contributed by atoms with Crippen molar-refractivity contribution in [1.82, 2.24) is 15.0 Å². The largest absolute Gasteiger partial charge is 0.465 e. The van der Waals surface area contributed by atoms with E-state index in [2.05, 4.69) is 15.0 Å².